The van der Waals surface area contributed by atoms with E-state index in [-0.39, 0.29) is 5.41 Å². The summed E-state index contributed by atoms with van der Waals surface area (Å²) in [5.41, 5.74) is 8.57. The van der Waals surface area contributed by atoms with Gasteiger partial charge in [-0.1, -0.05) is 54.5 Å². The Morgan fingerprint density at radius 3 is 2.15 bits per heavy atom. The summed E-state index contributed by atoms with van der Waals surface area (Å²) in [4.78, 5) is 0. The van der Waals surface area contributed by atoms with Crippen molar-refractivity contribution in [3.63, 3.8) is 0 Å². The van der Waals surface area contributed by atoms with Gasteiger partial charge in [0.1, 0.15) is 5.75 Å². The molecule has 0 saturated heterocycles. The lowest BCUT2D eigenvalue weighted by molar-refractivity contribution is 0.271. The lowest BCUT2D eigenvalue weighted by atomic mass is 9.72. The predicted octanol–water partition coefficient (Wildman–Crippen LogP) is 5.02. The lowest BCUT2D eigenvalue weighted by Crippen LogP contribution is -2.25. The predicted molar refractivity (Wildman–Crippen MR) is 88.3 cm³/mol. The molecule has 0 aliphatic carbocycles. The summed E-state index contributed by atoms with van der Waals surface area (Å²) >= 11 is 0. The van der Waals surface area contributed by atoms with Gasteiger partial charge in [0.15, 0.2) is 0 Å². The second-order valence-corrected chi connectivity index (χ2v) is 8.08. The van der Waals surface area contributed by atoms with Gasteiger partial charge in [0.05, 0.1) is 12.3 Å². The Morgan fingerprint density at radius 1 is 1.10 bits per heavy atom. The largest absolute Gasteiger partial charge is 0.491 e. The van der Waals surface area contributed by atoms with E-state index in [1.54, 1.807) is 0 Å². The van der Waals surface area contributed by atoms with E-state index in [0.29, 0.717) is 17.9 Å². The quantitative estimate of drug-likeness (QED) is 0.767. The van der Waals surface area contributed by atoms with Crippen LogP contribution in [0.3, 0.4) is 0 Å². The van der Waals surface area contributed by atoms with Crippen molar-refractivity contribution < 1.29 is 4.74 Å². The topological polar surface area (TPSA) is 35.2 Å². The van der Waals surface area contributed by atoms with Crippen molar-refractivity contribution in [1.82, 2.24) is 0 Å². The van der Waals surface area contributed by atoms with E-state index in [4.69, 9.17) is 10.5 Å². The summed E-state index contributed by atoms with van der Waals surface area (Å²) in [6.45, 7) is 16.4. The number of nitrogens with two attached hydrogens (primary N) is 1. The van der Waals surface area contributed by atoms with Gasteiger partial charge in [-0.3, -0.25) is 0 Å². The molecule has 1 aromatic rings. The molecule has 1 aromatic carbocycles. The summed E-state index contributed by atoms with van der Waals surface area (Å²) in [6, 6.07) is 6.23. The first-order chi connectivity index (χ1) is 9.01. The third kappa shape index (κ3) is 5.07. The number of nitrogen functional groups attached to an aromatic ring is 1. The highest BCUT2D eigenvalue weighted by atomic mass is 16.5. The molecule has 0 amide bonds. The summed E-state index contributed by atoms with van der Waals surface area (Å²) in [5.74, 6) is 1.31. The van der Waals surface area contributed by atoms with Gasteiger partial charge < -0.3 is 10.5 Å². The second kappa shape index (κ2) is 6.07. The van der Waals surface area contributed by atoms with Crippen LogP contribution in [0.25, 0.3) is 0 Å². The molecule has 0 heterocycles. The van der Waals surface area contributed by atoms with Gasteiger partial charge >= 0.3 is 0 Å². The van der Waals surface area contributed by atoms with E-state index in [2.05, 4.69) is 60.6 Å². The van der Waals surface area contributed by atoms with Crippen molar-refractivity contribution >= 4 is 5.69 Å². The summed E-state index contributed by atoms with van der Waals surface area (Å²) < 4.78 is 5.74. The van der Waals surface area contributed by atoms with Crippen molar-refractivity contribution in [3.05, 3.63) is 23.8 Å². The highest BCUT2D eigenvalue weighted by Gasteiger charge is 2.27. The van der Waals surface area contributed by atoms with Gasteiger partial charge in [0.2, 0.25) is 0 Å². The molecule has 0 unspecified atom stereocenters. The molecule has 2 heteroatoms. The normalized spacial score (nSPS) is 12.8. The first-order valence-electron chi connectivity index (χ1n) is 7.54. The van der Waals surface area contributed by atoms with Crippen LogP contribution in [0.2, 0.25) is 0 Å². The van der Waals surface area contributed by atoms with E-state index < -0.39 is 0 Å². The van der Waals surface area contributed by atoms with E-state index in [1.807, 2.05) is 6.07 Å². The average molecular weight is 277 g/mol. The summed E-state index contributed by atoms with van der Waals surface area (Å²) in [7, 11) is 0. The molecule has 0 fully saturated rings. The van der Waals surface area contributed by atoms with Crippen LogP contribution in [0.4, 0.5) is 5.69 Å². The average Bonchev–Trinajstić information content (AvgIpc) is 2.23. The molecular formula is C18H31NO. The molecule has 20 heavy (non-hydrogen) atoms. The Kier molecular flexibility index (Phi) is 5.12. The molecule has 2 nitrogen and oxygen atoms in total. The number of ether oxygens (including phenoxy) is 1. The Balaban J connectivity index is 2.91. The maximum Gasteiger partial charge on any atom is 0.142 e. The van der Waals surface area contributed by atoms with Gasteiger partial charge in [0, 0.05) is 0 Å². The number of hydrogen-bond donors (Lipinski definition) is 1. The van der Waals surface area contributed by atoms with Crippen molar-refractivity contribution in [2.75, 3.05) is 12.3 Å². The summed E-state index contributed by atoms with van der Waals surface area (Å²) in [5, 5.41) is 0. The minimum atomic E-state index is 0.114. The molecule has 0 saturated carbocycles. The Bertz CT molecular complexity index is 441. The molecule has 0 radical (unpaired) electrons. The van der Waals surface area contributed by atoms with E-state index in [9.17, 15) is 0 Å². The van der Waals surface area contributed by atoms with Crippen LogP contribution < -0.4 is 10.5 Å². The zero-order chi connectivity index (χ0) is 15.6. The molecule has 0 aliphatic heterocycles. The molecule has 0 bridgehead atoms. The third-order valence-corrected chi connectivity index (χ3v) is 3.34. The summed E-state index contributed by atoms with van der Waals surface area (Å²) in [6.07, 6.45) is 1.12. The molecule has 114 valence electrons. The van der Waals surface area contributed by atoms with Crippen LogP contribution in [0.1, 0.15) is 60.5 Å². The first-order valence-corrected chi connectivity index (χ1v) is 7.54. The van der Waals surface area contributed by atoms with Crippen LogP contribution in [0.5, 0.6) is 5.75 Å². The number of rotatable bonds is 5. The number of hydrogen-bond acceptors (Lipinski definition) is 2. The van der Waals surface area contributed by atoms with E-state index >= 15 is 0 Å². The second-order valence-electron chi connectivity index (χ2n) is 8.08. The fraction of sp³-hybridized carbons (Fsp3) is 0.667. The maximum absolute atomic E-state index is 6.14. The molecule has 2 N–H and O–H groups in total. The SMILES string of the molecule is CC(C)COc1ccc(C(C)(C)CC(C)(C)C)cc1N. The molecule has 1 rings (SSSR count). The molecular weight excluding hydrogens is 246 g/mol. The minimum Gasteiger partial charge on any atom is -0.491 e. The van der Waals surface area contributed by atoms with Crippen LogP contribution in [0.15, 0.2) is 18.2 Å². The number of anilines is 1. The van der Waals surface area contributed by atoms with Gasteiger partial charge in [0.25, 0.3) is 0 Å². The zero-order valence-electron chi connectivity index (χ0n) is 14.2. The van der Waals surface area contributed by atoms with Gasteiger partial charge in [-0.25, -0.2) is 0 Å². The zero-order valence-corrected chi connectivity index (χ0v) is 14.2. The van der Waals surface area contributed by atoms with Crippen molar-refractivity contribution in [3.8, 4) is 5.75 Å². The monoisotopic (exact) mass is 277 g/mol. The van der Waals surface area contributed by atoms with E-state index in [0.717, 1.165) is 17.9 Å². The Labute approximate surface area is 124 Å². The highest BCUT2D eigenvalue weighted by Crippen LogP contribution is 2.38. The molecule has 0 atom stereocenters. The first kappa shape index (κ1) is 16.9. The van der Waals surface area contributed by atoms with Crippen LogP contribution in [-0.2, 0) is 5.41 Å². The minimum absolute atomic E-state index is 0.114. The van der Waals surface area contributed by atoms with Crippen LogP contribution in [-0.4, -0.2) is 6.61 Å². The smallest absolute Gasteiger partial charge is 0.142 e. The van der Waals surface area contributed by atoms with Crippen LogP contribution >= 0.6 is 0 Å². The van der Waals surface area contributed by atoms with E-state index in [1.165, 1.54) is 5.56 Å². The highest BCUT2D eigenvalue weighted by molar-refractivity contribution is 5.55. The molecule has 0 spiro atoms. The van der Waals surface area contributed by atoms with Crippen molar-refractivity contribution in [2.45, 2.75) is 60.3 Å². The van der Waals surface area contributed by atoms with Gasteiger partial charge in [-0.15, -0.1) is 0 Å². The van der Waals surface area contributed by atoms with Gasteiger partial charge in [-0.2, -0.15) is 0 Å². The van der Waals surface area contributed by atoms with Gasteiger partial charge in [-0.05, 0) is 40.9 Å². The van der Waals surface area contributed by atoms with Crippen LogP contribution in [0, 0.1) is 11.3 Å². The Hall–Kier alpha value is -1.18. The molecule has 0 aliphatic rings. The van der Waals surface area contributed by atoms with Crippen molar-refractivity contribution in [1.29, 1.82) is 0 Å². The standard InChI is InChI=1S/C18H31NO/c1-13(2)11-20-16-9-8-14(10-15(16)19)18(6,7)12-17(3,4)5/h8-10,13H,11-12,19H2,1-7H3. The van der Waals surface area contributed by atoms with Crippen molar-refractivity contribution in [2.24, 2.45) is 11.3 Å². The number of benzene rings is 1. The fourth-order valence-corrected chi connectivity index (χ4v) is 2.79. The maximum atomic E-state index is 6.14. The lowest BCUT2D eigenvalue weighted by Gasteiger charge is -2.33. The fourth-order valence-electron chi connectivity index (χ4n) is 2.79. The Morgan fingerprint density at radius 2 is 1.70 bits per heavy atom. The molecule has 0 aromatic heterocycles. The third-order valence-electron chi connectivity index (χ3n) is 3.34.